The first-order valence-electron chi connectivity index (χ1n) is 8.28. The molecule has 5 nitrogen and oxygen atoms in total. The number of carbonyl (C=O) groups is 1. The van der Waals surface area contributed by atoms with Gasteiger partial charge in [0.25, 0.3) is 0 Å². The lowest BCUT2D eigenvalue weighted by atomic mass is 10.1. The summed E-state index contributed by atoms with van der Waals surface area (Å²) in [6.07, 6.45) is -3.33. The molecule has 0 spiro atoms. The number of amides is 1. The third kappa shape index (κ3) is 9.31. The van der Waals surface area contributed by atoms with E-state index in [0.29, 0.717) is 17.7 Å². The van der Waals surface area contributed by atoms with Crippen molar-refractivity contribution in [3.63, 3.8) is 0 Å². The van der Waals surface area contributed by atoms with E-state index in [0.717, 1.165) is 17.8 Å². The molecule has 0 saturated carbocycles. The van der Waals surface area contributed by atoms with Crippen LogP contribution in [0.15, 0.2) is 36.5 Å². The Hall–Kier alpha value is -2.68. The molecule has 0 aliphatic heterocycles. The summed E-state index contributed by atoms with van der Waals surface area (Å²) in [6.45, 7) is 7.90. The lowest BCUT2D eigenvalue weighted by molar-refractivity contribution is -0.275. The summed E-state index contributed by atoms with van der Waals surface area (Å²) in [4.78, 5) is 14.5. The zero-order chi connectivity index (χ0) is 21.5. The lowest BCUT2D eigenvalue weighted by Crippen LogP contribution is -2.35. The molecule has 1 heterocycles. The highest BCUT2D eigenvalue weighted by molar-refractivity contribution is 5.92. The molecule has 1 aromatic heterocycles. The SMILES string of the molecule is CC(C)(C)NCc1ccc(F)c(OC(F)(F)F)c1.Cc1cc(C(N)=O)ccn1. The maximum Gasteiger partial charge on any atom is 0.573 e. The Morgan fingerprint density at radius 3 is 2.29 bits per heavy atom. The Morgan fingerprint density at radius 2 is 1.82 bits per heavy atom. The fourth-order valence-corrected chi connectivity index (χ4v) is 1.93. The molecule has 2 rings (SSSR count). The summed E-state index contributed by atoms with van der Waals surface area (Å²) in [5.41, 5.74) is 6.66. The molecule has 0 atom stereocenters. The summed E-state index contributed by atoms with van der Waals surface area (Å²) < 4.78 is 52.8. The second-order valence-electron chi connectivity index (χ2n) is 6.97. The molecule has 28 heavy (non-hydrogen) atoms. The molecule has 1 aromatic carbocycles. The zero-order valence-corrected chi connectivity index (χ0v) is 16.0. The summed E-state index contributed by atoms with van der Waals surface area (Å²) in [5.74, 6) is -2.26. The third-order valence-corrected chi connectivity index (χ3v) is 3.23. The Labute approximate surface area is 160 Å². The molecular weight excluding hydrogens is 378 g/mol. The highest BCUT2D eigenvalue weighted by atomic mass is 19.4. The topological polar surface area (TPSA) is 77.2 Å². The van der Waals surface area contributed by atoms with Crippen LogP contribution in [0, 0.1) is 12.7 Å². The first kappa shape index (κ1) is 23.4. The van der Waals surface area contributed by atoms with Crippen molar-refractivity contribution in [3.05, 3.63) is 59.2 Å². The van der Waals surface area contributed by atoms with Crippen molar-refractivity contribution in [2.24, 2.45) is 5.73 Å². The van der Waals surface area contributed by atoms with E-state index in [1.165, 1.54) is 6.07 Å². The van der Waals surface area contributed by atoms with E-state index in [1.807, 2.05) is 27.7 Å². The number of aryl methyl sites for hydroxylation is 1. The first-order valence-corrected chi connectivity index (χ1v) is 8.28. The highest BCUT2D eigenvalue weighted by Gasteiger charge is 2.32. The van der Waals surface area contributed by atoms with Crippen molar-refractivity contribution in [1.82, 2.24) is 10.3 Å². The molecule has 0 fully saturated rings. The van der Waals surface area contributed by atoms with Crippen LogP contribution in [0.3, 0.4) is 0 Å². The van der Waals surface area contributed by atoms with Gasteiger partial charge in [0.2, 0.25) is 5.91 Å². The van der Waals surface area contributed by atoms with Crippen LogP contribution in [0.1, 0.15) is 42.4 Å². The Morgan fingerprint density at radius 1 is 1.18 bits per heavy atom. The number of primary amides is 1. The number of halogens is 4. The Bertz CT molecular complexity index is 802. The number of alkyl halides is 3. The summed E-state index contributed by atoms with van der Waals surface area (Å²) in [6, 6.07) is 6.66. The number of pyridine rings is 1. The number of ether oxygens (including phenoxy) is 1. The molecule has 0 aliphatic carbocycles. The predicted molar refractivity (Wildman–Crippen MR) is 97.2 cm³/mol. The van der Waals surface area contributed by atoms with Gasteiger partial charge < -0.3 is 15.8 Å². The van der Waals surface area contributed by atoms with Crippen LogP contribution in [0.5, 0.6) is 5.75 Å². The van der Waals surface area contributed by atoms with Crippen LogP contribution >= 0.6 is 0 Å². The molecule has 154 valence electrons. The van der Waals surface area contributed by atoms with Gasteiger partial charge in [0.1, 0.15) is 0 Å². The number of aromatic nitrogens is 1. The van der Waals surface area contributed by atoms with E-state index in [2.05, 4.69) is 15.0 Å². The smallest absolute Gasteiger partial charge is 0.403 e. The van der Waals surface area contributed by atoms with Crippen LogP contribution < -0.4 is 15.8 Å². The number of benzene rings is 1. The highest BCUT2D eigenvalue weighted by Crippen LogP contribution is 2.26. The molecule has 0 saturated heterocycles. The molecule has 0 aliphatic rings. The van der Waals surface area contributed by atoms with Crippen molar-refractivity contribution in [3.8, 4) is 5.75 Å². The Kier molecular flexibility index (Phi) is 7.92. The van der Waals surface area contributed by atoms with Gasteiger partial charge in [-0.15, -0.1) is 13.2 Å². The number of rotatable bonds is 4. The number of hydrogen-bond donors (Lipinski definition) is 2. The molecule has 0 bridgehead atoms. The van der Waals surface area contributed by atoms with Gasteiger partial charge in [-0.3, -0.25) is 9.78 Å². The van der Waals surface area contributed by atoms with Crippen LogP contribution in [0.2, 0.25) is 0 Å². The van der Waals surface area contributed by atoms with Gasteiger partial charge in [0.15, 0.2) is 11.6 Å². The van der Waals surface area contributed by atoms with Crippen LogP contribution in [-0.2, 0) is 6.54 Å². The van der Waals surface area contributed by atoms with Gasteiger partial charge in [-0.05, 0) is 57.5 Å². The normalized spacial score (nSPS) is 11.4. The van der Waals surface area contributed by atoms with Crippen molar-refractivity contribution in [1.29, 1.82) is 0 Å². The van der Waals surface area contributed by atoms with E-state index < -0.39 is 23.8 Å². The average Bonchev–Trinajstić information content (AvgIpc) is 2.54. The van der Waals surface area contributed by atoms with Crippen LogP contribution in [-0.4, -0.2) is 22.8 Å². The van der Waals surface area contributed by atoms with Gasteiger partial charge >= 0.3 is 6.36 Å². The van der Waals surface area contributed by atoms with E-state index in [4.69, 9.17) is 5.73 Å². The number of carbonyl (C=O) groups excluding carboxylic acids is 1. The third-order valence-electron chi connectivity index (χ3n) is 3.23. The summed E-state index contributed by atoms with van der Waals surface area (Å²) in [7, 11) is 0. The minimum Gasteiger partial charge on any atom is -0.403 e. The average molecular weight is 401 g/mol. The fraction of sp³-hybridized carbons (Fsp3) is 0.368. The molecular formula is C19H23F4N3O2. The monoisotopic (exact) mass is 401 g/mol. The minimum absolute atomic E-state index is 0.181. The minimum atomic E-state index is -4.89. The van der Waals surface area contributed by atoms with E-state index in [9.17, 15) is 22.4 Å². The predicted octanol–water partition coefficient (Wildman–Crippen LogP) is 4.10. The largest absolute Gasteiger partial charge is 0.573 e. The van der Waals surface area contributed by atoms with Crippen LogP contribution in [0.25, 0.3) is 0 Å². The van der Waals surface area contributed by atoms with Crippen molar-refractivity contribution < 1.29 is 27.1 Å². The van der Waals surface area contributed by atoms with Crippen molar-refractivity contribution in [2.75, 3.05) is 0 Å². The van der Waals surface area contributed by atoms with E-state index >= 15 is 0 Å². The lowest BCUT2D eigenvalue weighted by Gasteiger charge is -2.20. The van der Waals surface area contributed by atoms with E-state index in [1.54, 1.807) is 18.3 Å². The van der Waals surface area contributed by atoms with Gasteiger partial charge in [-0.25, -0.2) is 4.39 Å². The first-order chi connectivity index (χ1) is 12.8. The molecule has 3 N–H and O–H groups in total. The Balaban J connectivity index is 0.000000330. The van der Waals surface area contributed by atoms with Gasteiger partial charge in [0, 0.05) is 29.5 Å². The van der Waals surface area contributed by atoms with Crippen molar-refractivity contribution >= 4 is 5.91 Å². The maximum absolute atomic E-state index is 13.1. The van der Waals surface area contributed by atoms with Gasteiger partial charge in [-0.1, -0.05) is 6.07 Å². The van der Waals surface area contributed by atoms with Crippen LogP contribution in [0.4, 0.5) is 17.6 Å². The standard InChI is InChI=1S/C12H15F4NO.C7H8N2O/c1-11(2,3)17-7-8-4-5-9(13)10(6-8)18-12(14,15)16;1-5-4-6(7(8)10)2-3-9-5/h4-6,17H,7H2,1-3H3;2-4H,1H3,(H2,8,10). The second-order valence-corrected chi connectivity index (χ2v) is 6.97. The number of hydrogen-bond acceptors (Lipinski definition) is 4. The maximum atomic E-state index is 13.1. The summed E-state index contributed by atoms with van der Waals surface area (Å²) >= 11 is 0. The second kappa shape index (κ2) is 9.50. The van der Waals surface area contributed by atoms with Gasteiger partial charge in [0.05, 0.1) is 0 Å². The quantitative estimate of drug-likeness (QED) is 0.757. The number of nitrogens with zero attached hydrogens (tertiary/aromatic N) is 1. The molecule has 0 unspecified atom stereocenters. The fourth-order valence-electron chi connectivity index (χ4n) is 1.93. The number of nitrogens with two attached hydrogens (primary N) is 1. The number of nitrogens with one attached hydrogen (secondary N) is 1. The molecule has 2 aromatic rings. The molecule has 9 heteroatoms. The zero-order valence-electron chi connectivity index (χ0n) is 16.0. The van der Waals surface area contributed by atoms with Crippen molar-refractivity contribution in [2.45, 2.75) is 46.1 Å². The summed E-state index contributed by atoms with van der Waals surface area (Å²) in [5, 5.41) is 3.09. The molecule has 0 radical (unpaired) electrons. The molecule has 1 amide bonds. The van der Waals surface area contributed by atoms with Gasteiger partial charge in [-0.2, -0.15) is 0 Å². The van der Waals surface area contributed by atoms with E-state index in [-0.39, 0.29) is 5.54 Å².